The predicted octanol–water partition coefficient (Wildman–Crippen LogP) is 4.70. The maximum absolute atomic E-state index is 12.6. The van der Waals surface area contributed by atoms with E-state index in [1.165, 1.54) is 0 Å². The summed E-state index contributed by atoms with van der Waals surface area (Å²) in [6, 6.07) is 11.2. The molecule has 9 heteroatoms. The zero-order chi connectivity index (χ0) is 23.5. The Morgan fingerprint density at radius 1 is 0.970 bits per heavy atom. The van der Waals surface area contributed by atoms with E-state index in [0.717, 1.165) is 39.5 Å². The average Bonchev–Trinajstić information content (AvgIpc) is 3.09. The standard InChI is InChI=1S/C24H26FN5O3/c1-15-24(16(2)29(3)28-15)23-14-26-21-7-6-17(12-22(21)27-23)30(8-9-33-25)18-10-19(31-4)13-20(11-18)32-5/h6-7,10-14H,8-9H2,1-5H3. The average molecular weight is 452 g/mol. The number of fused-ring (bicyclic) bond motifs is 1. The van der Waals surface area contributed by atoms with E-state index in [2.05, 4.69) is 15.0 Å². The quantitative estimate of drug-likeness (QED) is 0.384. The van der Waals surface area contributed by atoms with Crippen molar-refractivity contribution >= 4 is 22.4 Å². The minimum Gasteiger partial charge on any atom is -0.497 e. The number of ether oxygens (including phenoxy) is 2. The van der Waals surface area contributed by atoms with Gasteiger partial charge in [-0.2, -0.15) is 10.0 Å². The van der Waals surface area contributed by atoms with Gasteiger partial charge >= 0.3 is 0 Å². The molecule has 172 valence electrons. The normalized spacial score (nSPS) is 11.1. The maximum atomic E-state index is 12.6. The van der Waals surface area contributed by atoms with Gasteiger partial charge in [0, 0.05) is 47.9 Å². The van der Waals surface area contributed by atoms with Crippen molar-refractivity contribution in [2.24, 2.45) is 7.05 Å². The van der Waals surface area contributed by atoms with Crippen molar-refractivity contribution < 1.29 is 18.9 Å². The maximum Gasteiger partial charge on any atom is 0.124 e. The van der Waals surface area contributed by atoms with E-state index in [9.17, 15) is 4.53 Å². The number of hydrogen-bond donors (Lipinski definition) is 0. The van der Waals surface area contributed by atoms with E-state index in [-0.39, 0.29) is 13.2 Å². The van der Waals surface area contributed by atoms with Gasteiger partial charge in [-0.1, -0.05) is 0 Å². The monoisotopic (exact) mass is 451 g/mol. The fraction of sp³-hybridized carbons (Fsp3) is 0.292. The van der Waals surface area contributed by atoms with Crippen molar-refractivity contribution in [1.29, 1.82) is 0 Å². The molecule has 0 saturated heterocycles. The molecular formula is C24H26FN5O3. The molecule has 33 heavy (non-hydrogen) atoms. The van der Waals surface area contributed by atoms with Crippen LogP contribution in [0.1, 0.15) is 11.4 Å². The third-order valence-electron chi connectivity index (χ3n) is 5.64. The van der Waals surface area contributed by atoms with Gasteiger partial charge in [0.05, 0.1) is 49.4 Å². The van der Waals surface area contributed by atoms with Gasteiger partial charge in [0.2, 0.25) is 0 Å². The van der Waals surface area contributed by atoms with Crippen LogP contribution in [0.4, 0.5) is 15.9 Å². The number of benzene rings is 2. The van der Waals surface area contributed by atoms with Crippen LogP contribution < -0.4 is 14.4 Å². The van der Waals surface area contributed by atoms with Gasteiger partial charge in [-0.3, -0.25) is 9.67 Å². The minimum absolute atomic E-state index is 0.114. The number of methoxy groups -OCH3 is 2. The first kappa shape index (κ1) is 22.5. The SMILES string of the molecule is COc1cc(OC)cc(N(CCOF)c2ccc3ncc(-c4c(C)nn(C)c4C)nc3c2)c1. The highest BCUT2D eigenvalue weighted by atomic mass is 19.3. The second-order valence-electron chi connectivity index (χ2n) is 7.63. The van der Waals surface area contributed by atoms with E-state index < -0.39 is 0 Å². The summed E-state index contributed by atoms with van der Waals surface area (Å²) in [6.45, 7) is 4.12. The van der Waals surface area contributed by atoms with Crippen LogP contribution in [0.25, 0.3) is 22.3 Å². The number of rotatable bonds is 8. The Hall–Kier alpha value is -3.72. The lowest BCUT2D eigenvalue weighted by Crippen LogP contribution is -2.21. The molecule has 2 heterocycles. The molecule has 2 aromatic heterocycles. The Bertz CT molecular complexity index is 1270. The fourth-order valence-corrected chi connectivity index (χ4v) is 3.91. The Balaban J connectivity index is 1.81. The van der Waals surface area contributed by atoms with E-state index >= 15 is 0 Å². The number of nitrogens with zero attached hydrogens (tertiary/aromatic N) is 5. The first-order valence-corrected chi connectivity index (χ1v) is 10.5. The first-order chi connectivity index (χ1) is 15.9. The summed E-state index contributed by atoms with van der Waals surface area (Å²) in [5, 5.41) is 4.49. The molecule has 0 aliphatic carbocycles. The van der Waals surface area contributed by atoms with Gasteiger partial charge in [0.25, 0.3) is 0 Å². The molecule has 0 aliphatic rings. The van der Waals surface area contributed by atoms with Crippen molar-refractivity contribution in [3.63, 3.8) is 0 Å². The molecule has 0 bridgehead atoms. The third kappa shape index (κ3) is 4.45. The second-order valence-corrected chi connectivity index (χ2v) is 7.63. The molecule has 0 spiro atoms. The van der Waals surface area contributed by atoms with E-state index in [4.69, 9.17) is 14.5 Å². The van der Waals surface area contributed by atoms with Crippen molar-refractivity contribution in [2.45, 2.75) is 13.8 Å². The van der Waals surface area contributed by atoms with Gasteiger partial charge in [0.15, 0.2) is 0 Å². The van der Waals surface area contributed by atoms with Crippen molar-refractivity contribution in [3.05, 3.63) is 54.0 Å². The van der Waals surface area contributed by atoms with E-state index in [0.29, 0.717) is 17.0 Å². The smallest absolute Gasteiger partial charge is 0.124 e. The molecule has 0 aliphatic heterocycles. The van der Waals surface area contributed by atoms with Crippen molar-refractivity contribution in [1.82, 2.24) is 19.7 Å². The zero-order valence-corrected chi connectivity index (χ0v) is 19.3. The van der Waals surface area contributed by atoms with Crippen LogP contribution in [0.5, 0.6) is 11.5 Å². The molecule has 0 atom stereocenters. The highest BCUT2D eigenvalue weighted by Gasteiger charge is 2.16. The largest absolute Gasteiger partial charge is 0.497 e. The lowest BCUT2D eigenvalue weighted by Gasteiger charge is -2.25. The third-order valence-corrected chi connectivity index (χ3v) is 5.64. The van der Waals surface area contributed by atoms with Crippen LogP contribution in [-0.4, -0.2) is 47.1 Å². The van der Waals surface area contributed by atoms with Gasteiger partial charge in [0.1, 0.15) is 18.1 Å². The summed E-state index contributed by atoms with van der Waals surface area (Å²) < 4.78 is 25.3. The summed E-state index contributed by atoms with van der Waals surface area (Å²) in [5.74, 6) is 1.25. The summed E-state index contributed by atoms with van der Waals surface area (Å²) in [4.78, 5) is 15.3. The molecule has 0 fully saturated rings. The lowest BCUT2D eigenvalue weighted by molar-refractivity contribution is -0.128. The molecule has 0 unspecified atom stereocenters. The fourth-order valence-electron chi connectivity index (χ4n) is 3.91. The molecular weight excluding hydrogens is 425 g/mol. The van der Waals surface area contributed by atoms with Crippen LogP contribution in [-0.2, 0) is 12.0 Å². The molecule has 4 aromatic rings. The Kier molecular flexibility index (Phi) is 6.41. The Morgan fingerprint density at radius 2 is 1.70 bits per heavy atom. The van der Waals surface area contributed by atoms with Gasteiger partial charge < -0.3 is 14.4 Å². The number of aromatic nitrogens is 4. The van der Waals surface area contributed by atoms with E-state index in [1.54, 1.807) is 26.5 Å². The lowest BCUT2D eigenvalue weighted by atomic mass is 10.1. The summed E-state index contributed by atoms with van der Waals surface area (Å²) in [6.07, 6.45) is 1.76. The minimum atomic E-state index is -0.114. The van der Waals surface area contributed by atoms with Crippen LogP contribution in [0, 0.1) is 13.8 Å². The first-order valence-electron chi connectivity index (χ1n) is 10.5. The van der Waals surface area contributed by atoms with Crippen molar-refractivity contribution in [2.75, 3.05) is 32.3 Å². The molecule has 0 radical (unpaired) electrons. The second kappa shape index (κ2) is 9.41. The summed E-state index contributed by atoms with van der Waals surface area (Å²) >= 11 is 0. The van der Waals surface area contributed by atoms with Crippen molar-refractivity contribution in [3.8, 4) is 22.8 Å². The van der Waals surface area contributed by atoms with Crippen LogP contribution in [0.3, 0.4) is 0 Å². The molecule has 2 aromatic carbocycles. The summed E-state index contributed by atoms with van der Waals surface area (Å²) in [5.41, 5.74) is 6.68. The Labute approximate surface area is 191 Å². The zero-order valence-electron chi connectivity index (χ0n) is 19.3. The van der Waals surface area contributed by atoms with Gasteiger partial charge in [-0.05, 0) is 36.6 Å². The van der Waals surface area contributed by atoms with E-state index in [1.807, 2.05) is 60.8 Å². The van der Waals surface area contributed by atoms with Gasteiger partial charge in [-0.25, -0.2) is 4.98 Å². The predicted molar refractivity (Wildman–Crippen MR) is 125 cm³/mol. The molecule has 0 saturated carbocycles. The molecule has 0 amide bonds. The number of hydrogen-bond acceptors (Lipinski definition) is 7. The topological polar surface area (TPSA) is 74.5 Å². The number of halogens is 1. The van der Waals surface area contributed by atoms with Crippen LogP contribution in [0.2, 0.25) is 0 Å². The number of anilines is 2. The van der Waals surface area contributed by atoms with Gasteiger partial charge in [-0.15, -0.1) is 0 Å². The van der Waals surface area contributed by atoms with Crippen LogP contribution >= 0.6 is 0 Å². The Morgan fingerprint density at radius 3 is 2.30 bits per heavy atom. The summed E-state index contributed by atoms with van der Waals surface area (Å²) in [7, 11) is 5.08. The number of aryl methyl sites for hydroxylation is 2. The highest BCUT2D eigenvalue weighted by Crippen LogP contribution is 2.34. The molecule has 8 nitrogen and oxygen atoms in total. The molecule has 0 N–H and O–H groups in total. The highest BCUT2D eigenvalue weighted by molar-refractivity contribution is 5.83. The van der Waals surface area contributed by atoms with Crippen LogP contribution in [0.15, 0.2) is 42.6 Å². The molecule has 4 rings (SSSR count).